The molecule has 0 atom stereocenters. The minimum atomic E-state index is -0.263. The van der Waals surface area contributed by atoms with Crippen LogP contribution in [0.15, 0.2) is 77.9 Å². The van der Waals surface area contributed by atoms with Crippen LogP contribution in [0.2, 0.25) is 0 Å². The average molecular weight is 417 g/mol. The van der Waals surface area contributed by atoms with Crippen molar-refractivity contribution in [3.8, 4) is 11.5 Å². The Kier molecular flexibility index (Phi) is 7.08. The third-order valence-electron chi connectivity index (χ3n) is 4.82. The van der Waals surface area contributed by atoms with Gasteiger partial charge in [0.05, 0.1) is 13.3 Å². The van der Waals surface area contributed by atoms with Crippen molar-refractivity contribution in [3.05, 3.63) is 95.1 Å². The molecule has 5 heteroatoms. The van der Waals surface area contributed by atoms with E-state index in [-0.39, 0.29) is 11.3 Å². The number of benzene rings is 3. The lowest BCUT2D eigenvalue weighted by Gasteiger charge is -2.19. The number of hydrogen-bond acceptors (Lipinski definition) is 4. The Bertz CT molecular complexity index is 1040. The molecule has 0 aliphatic heterocycles. The molecule has 0 saturated carbocycles. The fourth-order valence-electron chi connectivity index (χ4n) is 2.97. The summed E-state index contributed by atoms with van der Waals surface area (Å²) in [5.74, 6) is 0.985. The van der Waals surface area contributed by atoms with Crippen LogP contribution in [0.4, 0.5) is 0 Å². The number of rotatable bonds is 7. The molecular weight excluding hydrogens is 388 g/mol. The van der Waals surface area contributed by atoms with Gasteiger partial charge in [-0.1, -0.05) is 63.2 Å². The fourth-order valence-corrected chi connectivity index (χ4v) is 2.97. The number of amides is 1. The van der Waals surface area contributed by atoms with Crippen LogP contribution < -0.4 is 14.9 Å². The molecule has 3 aromatic carbocycles. The highest BCUT2D eigenvalue weighted by atomic mass is 16.5. The average Bonchev–Trinajstić information content (AvgIpc) is 2.78. The van der Waals surface area contributed by atoms with Gasteiger partial charge in [0.1, 0.15) is 6.61 Å². The summed E-state index contributed by atoms with van der Waals surface area (Å²) in [5.41, 5.74) is 6.36. The summed E-state index contributed by atoms with van der Waals surface area (Å²) >= 11 is 0. The minimum Gasteiger partial charge on any atom is -0.493 e. The highest BCUT2D eigenvalue weighted by Gasteiger charge is 2.13. The van der Waals surface area contributed by atoms with Crippen LogP contribution in [0.25, 0.3) is 0 Å². The predicted octanol–water partition coefficient (Wildman–Crippen LogP) is 5.34. The zero-order valence-electron chi connectivity index (χ0n) is 18.4. The maximum Gasteiger partial charge on any atom is 0.271 e. The molecule has 0 fully saturated rings. The van der Waals surface area contributed by atoms with Crippen LogP contribution in [0.5, 0.6) is 11.5 Å². The molecule has 1 amide bonds. The van der Waals surface area contributed by atoms with Crippen molar-refractivity contribution in [3.63, 3.8) is 0 Å². The van der Waals surface area contributed by atoms with Crippen molar-refractivity contribution >= 4 is 12.1 Å². The maximum atomic E-state index is 12.0. The van der Waals surface area contributed by atoms with Crippen LogP contribution in [-0.4, -0.2) is 19.2 Å². The Labute approximate surface area is 183 Å². The largest absolute Gasteiger partial charge is 0.493 e. The zero-order valence-corrected chi connectivity index (χ0v) is 18.4. The van der Waals surface area contributed by atoms with E-state index in [9.17, 15) is 4.79 Å². The van der Waals surface area contributed by atoms with E-state index in [2.05, 4.69) is 55.6 Å². The van der Waals surface area contributed by atoms with Gasteiger partial charge in [0.15, 0.2) is 11.5 Å². The van der Waals surface area contributed by atoms with Crippen LogP contribution >= 0.6 is 0 Å². The maximum absolute atomic E-state index is 12.0. The fraction of sp³-hybridized carbons (Fsp3) is 0.231. The van der Waals surface area contributed by atoms with Gasteiger partial charge in [0.2, 0.25) is 0 Å². The molecule has 1 N–H and O–H groups in total. The van der Waals surface area contributed by atoms with Crippen LogP contribution in [0.1, 0.15) is 47.8 Å². The molecule has 0 unspecified atom stereocenters. The topological polar surface area (TPSA) is 59.9 Å². The third-order valence-corrected chi connectivity index (χ3v) is 4.82. The summed E-state index contributed by atoms with van der Waals surface area (Å²) in [7, 11) is 1.60. The first kappa shape index (κ1) is 22.1. The monoisotopic (exact) mass is 416 g/mol. The Morgan fingerprint density at radius 3 is 2.32 bits per heavy atom. The Morgan fingerprint density at radius 2 is 1.68 bits per heavy atom. The van der Waals surface area contributed by atoms with Crippen molar-refractivity contribution in [2.75, 3.05) is 7.11 Å². The molecule has 0 spiro atoms. The molecule has 3 aromatic rings. The van der Waals surface area contributed by atoms with Crippen LogP contribution in [0, 0.1) is 0 Å². The van der Waals surface area contributed by atoms with E-state index in [1.54, 1.807) is 37.6 Å². The highest BCUT2D eigenvalue weighted by Crippen LogP contribution is 2.29. The van der Waals surface area contributed by atoms with E-state index in [1.165, 1.54) is 5.56 Å². The molecule has 0 heterocycles. The van der Waals surface area contributed by atoms with Gasteiger partial charge in [0, 0.05) is 5.56 Å². The zero-order chi connectivity index (χ0) is 22.3. The SMILES string of the molecule is COc1cc(/C=N/NC(=O)c2ccccc2)ccc1OCc1ccc(C(C)(C)C)cc1. The van der Waals surface area contributed by atoms with Crippen molar-refractivity contribution < 1.29 is 14.3 Å². The van der Waals surface area contributed by atoms with E-state index in [0.29, 0.717) is 23.7 Å². The summed E-state index contributed by atoms with van der Waals surface area (Å²) in [6.07, 6.45) is 1.57. The lowest BCUT2D eigenvalue weighted by Crippen LogP contribution is -2.17. The second-order valence-electron chi connectivity index (χ2n) is 8.21. The molecular formula is C26H28N2O3. The molecule has 0 saturated heterocycles. The number of carbonyl (C=O) groups is 1. The Balaban J connectivity index is 1.61. The molecule has 5 nitrogen and oxygen atoms in total. The molecule has 160 valence electrons. The van der Waals surface area contributed by atoms with Gasteiger partial charge in [-0.05, 0) is 52.4 Å². The lowest BCUT2D eigenvalue weighted by molar-refractivity contribution is 0.0955. The van der Waals surface area contributed by atoms with E-state index in [0.717, 1.165) is 11.1 Å². The van der Waals surface area contributed by atoms with E-state index in [4.69, 9.17) is 9.47 Å². The smallest absolute Gasteiger partial charge is 0.271 e. The molecule has 0 radical (unpaired) electrons. The van der Waals surface area contributed by atoms with Gasteiger partial charge in [-0.3, -0.25) is 4.79 Å². The summed E-state index contributed by atoms with van der Waals surface area (Å²) in [6, 6.07) is 22.9. The standard InChI is InChI=1S/C26H28N2O3/c1-26(2,3)22-13-10-19(11-14-22)18-31-23-15-12-20(16-24(23)30-4)17-27-28-25(29)21-8-6-5-7-9-21/h5-17H,18H2,1-4H3,(H,28,29)/b27-17+. The Hall–Kier alpha value is -3.60. The molecule has 0 aromatic heterocycles. The molecule has 3 rings (SSSR count). The summed E-state index contributed by atoms with van der Waals surface area (Å²) < 4.78 is 11.4. The second-order valence-corrected chi connectivity index (χ2v) is 8.21. The van der Waals surface area contributed by atoms with Crippen molar-refractivity contribution in [2.45, 2.75) is 32.8 Å². The molecule has 0 bridgehead atoms. The quantitative estimate of drug-likeness (QED) is 0.418. The number of nitrogens with one attached hydrogen (secondary N) is 1. The van der Waals surface area contributed by atoms with E-state index >= 15 is 0 Å². The first-order chi connectivity index (χ1) is 14.9. The van der Waals surface area contributed by atoms with Gasteiger partial charge in [-0.2, -0.15) is 5.10 Å². The first-order valence-corrected chi connectivity index (χ1v) is 10.2. The normalized spacial score (nSPS) is 11.4. The summed E-state index contributed by atoms with van der Waals surface area (Å²) in [5, 5.41) is 4.02. The van der Waals surface area contributed by atoms with Gasteiger partial charge in [0.25, 0.3) is 5.91 Å². The van der Waals surface area contributed by atoms with Crippen molar-refractivity contribution in [1.82, 2.24) is 5.43 Å². The van der Waals surface area contributed by atoms with Gasteiger partial charge in [-0.15, -0.1) is 0 Å². The molecule has 0 aliphatic carbocycles. The first-order valence-electron chi connectivity index (χ1n) is 10.2. The van der Waals surface area contributed by atoms with E-state index in [1.807, 2.05) is 24.3 Å². The van der Waals surface area contributed by atoms with Gasteiger partial charge >= 0.3 is 0 Å². The number of ether oxygens (including phenoxy) is 2. The predicted molar refractivity (Wildman–Crippen MR) is 124 cm³/mol. The number of methoxy groups -OCH3 is 1. The third kappa shape index (κ3) is 6.19. The van der Waals surface area contributed by atoms with Crippen LogP contribution in [0.3, 0.4) is 0 Å². The lowest BCUT2D eigenvalue weighted by atomic mass is 9.87. The van der Waals surface area contributed by atoms with Gasteiger partial charge < -0.3 is 9.47 Å². The number of carbonyl (C=O) groups excluding carboxylic acids is 1. The summed E-state index contributed by atoms with van der Waals surface area (Å²) in [4.78, 5) is 12.0. The number of hydrogen-bond donors (Lipinski definition) is 1. The summed E-state index contributed by atoms with van der Waals surface area (Å²) in [6.45, 7) is 7.03. The molecule has 0 aliphatic rings. The Morgan fingerprint density at radius 1 is 0.968 bits per heavy atom. The molecule has 31 heavy (non-hydrogen) atoms. The second kappa shape index (κ2) is 9.94. The number of hydrazone groups is 1. The van der Waals surface area contributed by atoms with Gasteiger partial charge in [-0.25, -0.2) is 5.43 Å². The van der Waals surface area contributed by atoms with Crippen LogP contribution in [-0.2, 0) is 12.0 Å². The highest BCUT2D eigenvalue weighted by molar-refractivity contribution is 5.94. The van der Waals surface area contributed by atoms with E-state index < -0.39 is 0 Å². The van der Waals surface area contributed by atoms with Crippen molar-refractivity contribution in [2.24, 2.45) is 5.10 Å². The number of nitrogens with zero attached hydrogens (tertiary/aromatic N) is 1. The minimum absolute atomic E-state index is 0.126. The van der Waals surface area contributed by atoms with Crippen molar-refractivity contribution in [1.29, 1.82) is 0 Å².